The van der Waals surface area contributed by atoms with Crippen LogP contribution >= 0.6 is 0 Å². The number of fused-ring (bicyclic) bond motifs is 8. The van der Waals surface area contributed by atoms with Crippen LogP contribution in [0, 0.1) is 13.8 Å². The van der Waals surface area contributed by atoms with E-state index in [-0.39, 0.29) is 74.5 Å². The van der Waals surface area contributed by atoms with Gasteiger partial charge < -0.3 is 45.8 Å². The third kappa shape index (κ3) is 13.7. The van der Waals surface area contributed by atoms with Crippen molar-refractivity contribution in [2.24, 2.45) is 0 Å². The van der Waals surface area contributed by atoms with E-state index in [0.29, 0.717) is 88.3 Å². The van der Waals surface area contributed by atoms with Crippen molar-refractivity contribution in [2.45, 2.75) is 119 Å². The summed E-state index contributed by atoms with van der Waals surface area (Å²) in [5, 5.41) is 13.1. The van der Waals surface area contributed by atoms with Gasteiger partial charge in [0.1, 0.15) is 0 Å². The van der Waals surface area contributed by atoms with E-state index >= 15 is 0 Å². The van der Waals surface area contributed by atoms with Gasteiger partial charge in [0.15, 0.2) is 5.78 Å². The SMILES string of the molecule is CC[C@H]1c2cc3[n-]c(c(CC(=O)OC)c4nc(cc5[n-]c(cc(n2)[C@@H]1C)c(C(C)=O)c5C)[C@@H](C)[C@@H]4CCC(=O)NCCNCCN(CC)CC)c(C(=O)NCCNCCN(CC)CC)c3C.[Pd+2]. The Kier molecular flexibility index (Phi) is 21.8. The van der Waals surface area contributed by atoms with Crippen LogP contribution in [0.15, 0.2) is 18.2 Å². The second-order valence-electron chi connectivity index (χ2n) is 17.7. The van der Waals surface area contributed by atoms with Crippen LogP contribution in [-0.2, 0) is 41.2 Å². The molecule has 0 spiro atoms. The molecule has 5 rings (SSSR count). The number of aromatic nitrogens is 4. The molecule has 0 saturated carbocycles. The molecule has 2 aliphatic rings. The van der Waals surface area contributed by atoms with Crippen molar-refractivity contribution in [3.05, 3.63) is 68.8 Å². The average molecular weight is 1020 g/mol. The number of methoxy groups -OCH3 is 1. The first-order valence-electron chi connectivity index (χ1n) is 24.4. The molecule has 8 bridgehead atoms. The first-order chi connectivity index (χ1) is 31.7. The number of nitrogens with zero attached hydrogens (tertiary/aromatic N) is 6. The fourth-order valence-electron chi connectivity index (χ4n) is 9.51. The van der Waals surface area contributed by atoms with E-state index < -0.39 is 5.97 Å². The predicted molar refractivity (Wildman–Crippen MR) is 263 cm³/mol. The maximum atomic E-state index is 14.6. The Balaban J connectivity index is 0.00000980. The van der Waals surface area contributed by atoms with Crippen LogP contribution < -0.4 is 31.2 Å². The van der Waals surface area contributed by atoms with Crippen LogP contribution in [0.25, 0.3) is 22.1 Å². The summed E-state index contributed by atoms with van der Waals surface area (Å²) in [6.45, 7) is 29.8. The summed E-state index contributed by atoms with van der Waals surface area (Å²) in [6.07, 6.45) is 1.23. The molecule has 15 nitrogen and oxygen atoms in total. The van der Waals surface area contributed by atoms with Gasteiger partial charge in [0.05, 0.1) is 13.5 Å². The maximum Gasteiger partial charge on any atom is 2.00 e. The second-order valence-corrected chi connectivity index (χ2v) is 17.7. The molecule has 0 fully saturated rings. The molecule has 0 saturated heterocycles. The summed E-state index contributed by atoms with van der Waals surface area (Å²) in [5.41, 5.74) is 7.81. The zero-order valence-electron chi connectivity index (χ0n) is 41.9. The minimum absolute atomic E-state index is 0. The number of hydrogen-bond acceptors (Lipinski definition) is 11. The molecule has 0 unspecified atom stereocenters. The maximum absolute atomic E-state index is 14.6. The minimum atomic E-state index is -0.508. The largest absolute Gasteiger partial charge is 2.00 e. The van der Waals surface area contributed by atoms with Gasteiger partial charge in [-0.3, -0.25) is 29.1 Å². The molecule has 4 atom stereocenters. The van der Waals surface area contributed by atoms with E-state index in [1.54, 1.807) is 6.92 Å². The molecule has 2 aliphatic heterocycles. The number of ketones is 1. The normalized spacial score (nSPS) is 16.9. The van der Waals surface area contributed by atoms with Gasteiger partial charge >= 0.3 is 26.4 Å². The summed E-state index contributed by atoms with van der Waals surface area (Å²) >= 11 is 0. The molecule has 0 aliphatic carbocycles. The smallest absolute Gasteiger partial charge is 0.657 e. The number of carbonyl (C=O) groups is 4. The molecule has 4 N–H and O–H groups in total. The van der Waals surface area contributed by atoms with Crippen LogP contribution in [0.2, 0.25) is 0 Å². The summed E-state index contributed by atoms with van der Waals surface area (Å²) in [6, 6.07) is 5.82. The van der Waals surface area contributed by atoms with Crippen molar-refractivity contribution in [3.8, 4) is 0 Å². The molecular weight excluding hydrogens is 939 g/mol. The van der Waals surface area contributed by atoms with Gasteiger partial charge in [-0.2, -0.15) is 0 Å². The molecule has 3 aromatic heterocycles. The molecule has 370 valence electrons. The molecule has 2 amide bonds. The van der Waals surface area contributed by atoms with E-state index in [0.717, 1.165) is 75.7 Å². The zero-order chi connectivity index (χ0) is 48.1. The van der Waals surface area contributed by atoms with E-state index in [9.17, 15) is 19.2 Å². The van der Waals surface area contributed by atoms with Crippen molar-refractivity contribution in [1.82, 2.24) is 51.0 Å². The van der Waals surface area contributed by atoms with Gasteiger partial charge in [-0.15, -0.1) is 22.1 Å². The monoisotopic (exact) mass is 1010 g/mol. The molecular formula is C51H76N10O5Pd. The Morgan fingerprint density at radius 2 is 1.22 bits per heavy atom. The van der Waals surface area contributed by atoms with Crippen LogP contribution in [0.5, 0.6) is 0 Å². The fraction of sp³-hybridized carbons (Fsp3) is 0.608. The second kappa shape index (κ2) is 26.5. The Labute approximate surface area is 412 Å². The summed E-state index contributed by atoms with van der Waals surface area (Å²) < 4.78 is 5.30. The Morgan fingerprint density at radius 3 is 1.81 bits per heavy atom. The molecule has 0 radical (unpaired) electrons. The van der Waals surface area contributed by atoms with Crippen molar-refractivity contribution in [2.75, 3.05) is 85.6 Å². The Morgan fingerprint density at radius 1 is 0.687 bits per heavy atom. The number of hydrogen-bond donors (Lipinski definition) is 4. The van der Waals surface area contributed by atoms with Crippen molar-refractivity contribution < 1.29 is 44.3 Å². The van der Waals surface area contributed by atoms with E-state index in [1.807, 2.05) is 32.0 Å². The average Bonchev–Trinajstić information content (AvgIpc) is 3.99. The molecule has 3 aromatic rings. The van der Waals surface area contributed by atoms with E-state index in [1.165, 1.54) is 7.11 Å². The first-order valence-corrected chi connectivity index (χ1v) is 24.4. The van der Waals surface area contributed by atoms with Gasteiger partial charge in [0.25, 0.3) is 0 Å². The number of esters is 1. The Bertz CT molecular complexity index is 2340. The fourth-order valence-corrected chi connectivity index (χ4v) is 9.51. The van der Waals surface area contributed by atoms with Gasteiger partial charge in [-0.1, -0.05) is 77.8 Å². The number of rotatable bonds is 24. The zero-order valence-corrected chi connectivity index (χ0v) is 43.5. The predicted octanol–water partition coefficient (Wildman–Crippen LogP) is 5.78. The first kappa shape index (κ1) is 55.3. The van der Waals surface area contributed by atoms with Crippen LogP contribution in [0.4, 0.5) is 0 Å². The van der Waals surface area contributed by atoms with Crippen LogP contribution in [-0.4, -0.2) is 129 Å². The van der Waals surface area contributed by atoms with E-state index in [4.69, 9.17) is 24.7 Å². The number of ether oxygens (including phenoxy) is 1. The van der Waals surface area contributed by atoms with Crippen LogP contribution in [0.1, 0.15) is 159 Å². The van der Waals surface area contributed by atoms with Crippen molar-refractivity contribution in [3.63, 3.8) is 0 Å². The van der Waals surface area contributed by atoms with Crippen molar-refractivity contribution in [1.29, 1.82) is 0 Å². The molecule has 0 aromatic carbocycles. The quantitative estimate of drug-likeness (QED) is 0.0367. The molecule has 5 heterocycles. The van der Waals surface area contributed by atoms with Crippen molar-refractivity contribution >= 4 is 45.6 Å². The number of likely N-dealkylation sites (N-methyl/N-ethyl adjacent to an activating group) is 2. The number of nitrogens with one attached hydrogen (secondary N) is 4. The summed E-state index contributed by atoms with van der Waals surface area (Å²) in [7, 11) is 1.34. The van der Waals surface area contributed by atoms with Gasteiger partial charge in [-0.05, 0) is 65.4 Å². The topological polar surface area (TPSA) is 186 Å². The number of carbonyl (C=O) groups excluding carboxylic acids is 4. The van der Waals surface area contributed by atoms with E-state index in [2.05, 4.69) is 79.5 Å². The number of amides is 2. The molecule has 16 heteroatoms. The standard InChI is InChI=1S/C51H78N10O5.Pd/c1-12-36-31(6)39-30-44-47(35(10)62)33(8)41(57-44)28-40-32(7)37(17-18-45(63)54-21-19-52-23-25-60(13-2)14-3)49(58-40)38(27-46(64)66-11)50-48(34(9)42(59-50)29-43(36)56-39)51(65)55-22-20-53-24-26-61(15-4)16-5;/h28-32,36-37,52-53H,12-27H2,1-11H3,(H4,54,55,56,57,58,59,62,63,65);/q;+2/p-2/t31-,32+,36-,37+;/m1./s1. The van der Waals surface area contributed by atoms with Gasteiger partial charge in [0.2, 0.25) is 11.8 Å². The summed E-state index contributed by atoms with van der Waals surface area (Å²) in [5.74, 6) is -1.49. The Hall–Kier alpha value is -4.30. The third-order valence-corrected chi connectivity index (χ3v) is 13.8. The van der Waals surface area contributed by atoms with Gasteiger partial charge in [0, 0.05) is 116 Å². The minimum Gasteiger partial charge on any atom is -0.657 e. The van der Waals surface area contributed by atoms with Crippen LogP contribution in [0.3, 0.4) is 0 Å². The molecule has 67 heavy (non-hydrogen) atoms. The number of Topliss-reactive ketones (excluding diaryl/α,β-unsaturated/α-hetero) is 1. The van der Waals surface area contributed by atoms with Gasteiger partial charge in [-0.25, -0.2) is 0 Å². The third-order valence-electron chi connectivity index (χ3n) is 13.8. The number of aryl methyl sites for hydroxylation is 2. The summed E-state index contributed by atoms with van der Waals surface area (Å²) in [4.78, 5) is 80.3.